The van der Waals surface area contributed by atoms with E-state index in [1.165, 1.54) is 5.56 Å². The van der Waals surface area contributed by atoms with Gasteiger partial charge in [-0.3, -0.25) is 0 Å². The minimum atomic E-state index is 0.560. The van der Waals surface area contributed by atoms with Gasteiger partial charge in [0.05, 0.1) is 6.54 Å². The number of halogens is 1. The van der Waals surface area contributed by atoms with Crippen molar-refractivity contribution in [3.63, 3.8) is 0 Å². The molecule has 1 aromatic carbocycles. The van der Waals surface area contributed by atoms with Crippen molar-refractivity contribution in [1.82, 2.24) is 14.8 Å². The van der Waals surface area contributed by atoms with Crippen LogP contribution < -0.4 is 5.32 Å². The van der Waals surface area contributed by atoms with Gasteiger partial charge in [-0.1, -0.05) is 26.0 Å². The summed E-state index contributed by atoms with van der Waals surface area (Å²) in [5.74, 6) is 2.23. The van der Waals surface area contributed by atoms with Crippen molar-refractivity contribution in [3.05, 3.63) is 42.0 Å². The van der Waals surface area contributed by atoms with E-state index in [1.807, 2.05) is 4.68 Å². The molecular formula is C16H23ClN4. The van der Waals surface area contributed by atoms with E-state index in [0.717, 1.165) is 30.9 Å². The number of aromatic nitrogens is 3. The highest BCUT2D eigenvalue weighted by atomic mass is 35.5. The van der Waals surface area contributed by atoms with Gasteiger partial charge in [0.25, 0.3) is 0 Å². The third-order valence-corrected chi connectivity index (χ3v) is 3.48. The van der Waals surface area contributed by atoms with Crippen LogP contribution in [0.25, 0.3) is 0 Å². The van der Waals surface area contributed by atoms with E-state index in [1.54, 1.807) is 6.33 Å². The zero-order valence-electron chi connectivity index (χ0n) is 12.7. The summed E-state index contributed by atoms with van der Waals surface area (Å²) in [6.07, 6.45) is 3.65. The molecule has 2 aromatic rings. The Morgan fingerprint density at radius 1 is 1.33 bits per heavy atom. The smallest absolute Gasteiger partial charge is 0.146 e. The highest BCUT2D eigenvalue weighted by Crippen LogP contribution is 2.13. The minimum Gasteiger partial charge on any atom is -0.378 e. The molecule has 0 saturated carbocycles. The fourth-order valence-electron chi connectivity index (χ4n) is 2.21. The average molecular weight is 307 g/mol. The largest absolute Gasteiger partial charge is 0.378 e. The average Bonchev–Trinajstić information content (AvgIpc) is 2.90. The minimum absolute atomic E-state index is 0.560. The molecule has 5 heteroatoms. The standard InChI is InChI=1S/C16H23ClN4/c1-13(2)11-21-16(19-12-20-21)10-18-15-7-3-5-14(9-15)6-4-8-17/h3,5,7,9,12-13,18H,4,6,8,10-11H2,1-2H3. The fourth-order valence-corrected chi connectivity index (χ4v) is 2.35. The molecule has 0 fully saturated rings. The van der Waals surface area contributed by atoms with Gasteiger partial charge in [-0.25, -0.2) is 9.67 Å². The first-order chi connectivity index (χ1) is 10.2. The van der Waals surface area contributed by atoms with Crippen molar-refractivity contribution in [3.8, 4) is 0 Å². The molecule has 114 valence electrons. The second-order valence-corrected chi connectivity index (χ2v) is 5.98. The molecular weight excluding hydrogens is 284 g/mol. The second kappa shape index (κ2) is 8.03. The van der Waals surface area contributed by atoms with Crippen LogP contribution in [0.4, 0.5) is 5.69 Å². The zero-order valence-corrected chi connectivity index (χ0v) is 13.5. The summed E-state index contributed by atoms with van der Waals surface area (Å²) in [4.78, 5) is 4.33. The van der Waals surface area contributed by atoms with Gasteiger partial charge in [0.15, 0.2) is 0 Å². The Balaban J connectivity index is 1.95. The predicted octanol–water partition coefficient (Wildman–Crippen LogP) is 3.72. The molecule has 0 atom stereocenters. The van der Waals surface area contributed by atoms with Gasteiger partial charge in [-0.2, -0.15) is 5.10 Å². The summed E-state index contributed by atoms with van der Waals surface area (Å²) in [5, 5.41) is 7.70. The number of hydrogen-bond acceptors (Lipinski definition) is 3. The van der Waals surface area contributed by atoms with Crippen LogP contribution in [-0.4, -0.2) is 20.6 Å². The lowest BCUT2D eigenvalue weighted by Crippen LogP contribution is -2.13. The van der Waals surface area contributed by atoms with Gasteiger partial charge in [-0.05, 0) is 36.5 Å². The lowest BCUT2D eigenvalue weighted by atomic mass is 10.1. The summed E-state index contributed by atoms with van der Waals surface area (Å²) in [6, 6.07) is 8.47. The number of nitrogens with zero attached hydrogens (tertiary/aromatic N) is 3. The number of aryl methyl sites for hydroxylation is 1. The number of rotatable bonds is 8. The third-order valence-electron chi connectivity index (χ3n) is 3.21. The number of hydrogen-bond donors (Lipinski definition) is 1. The van der Waals surface area contributed by atoms with Gasteiger partial charge in [-0.15, -0.1) is 11.6 Å². The van der Waals surface area contributed by atoms with Crippen LogP contribution in [0.5, 0.6) is 0 Å². The molecule has 1 aromatic heterocycles. The maximum atomic E-state index is 5.75. The summed E-state index contributed by atoms with van der Waals surface area (Å²) < 4.78 is 1.97. The molecule has 0 aliphatic carbocycles. The van der Waals surface area contributed by atoms with E-state index in [-0.39, 0.29) is 0 Å². The van der Waals surface area contributed by atoms with Gasteiger partial charge in [0.2, 0.25) is 0 Å². The molecule has 0 saturated heterocycles. The van der Waals surface area contributed by atoms with Crippen LogP contribution in [0.2, 0.25) is 0 Å². The van der Waals surface area contributed by atoms with Crippen molar-refractivity contribution in [1.29, 1.82) is 0 Å². The third kappa shape index (κ3) is 5.05. The van der Waals surface area contributed by atoms with E-state index in [4.69, 9.17) is 11.6 Å². The molecule has 1 N–H and O–H groups in total. The number of benzene rings is 1. The van der Waals surface area contributed by atoms with E-state index in [2.05, 4.69) is 53.5 Å². The molecule has 0 aliphatic rings. The monoisotopic (exact) mass is 306 g/mol. The van der Waals surface area contributed by atoms with Crippen LogP contribution in [0.3, 0.4) is 0 Å². The molecule has 4 nitrogen and oxygen atoms in total. The Morgan fingerprint density at radius 2 is 2.19 bits per heavy atom. The molecule has 0 amide bonds. The molecule has 2 rings (SSSR count). The van der Waals surface area contributed by atoms with E-state index in [9.17, 15) is 0 Å². The van der Waals surface area contributed by atoms with Crippen LogP contribution >= 0.6 is 11.6 Å². The van der Waals surface area contributed by atoms with Gasteiger partial charge < -0.3 is 5.32 Å². The van der Waals surface area contributed by atoms with Gasteiger partial charge in [0.1, 0.15) is 12.2 Å². The molecule has 0 radical (unpaired) electrons. The first-order valence-electron chi connectivity index (χ1n) is 7.44. The normalized spacial score (nSPS) is 11.0. The molecule has 21 heavy (non-hydrogen) atoms. The maximum Gasteiger partial charge on any atom is 0.146 e. The highest BCUT2D eigenvalue weighted by molar-refractivity contribution is 6.17. The molecule has 0 bridgehead atoms. The second-order valence-electron chi connectivity index (χ2n) is 5.60. The first kappa shape index (κ1) is 15.8. The summed E-state index contributed by atoms with van der Waals surface area (Å²) >= 11 is 5.75. The lowest BCUT2D eigenvalue weighted by Gasteiger charge is -2.11. The summed E-state index contributed by atoms with van der Waals surface area (Å²) in [6.45, 7) is 5.94. The Labute approximate surface area is 131 Å². The highest BCUT2D eigenvalue weighted by Gasteiger charge is 2.06. The SMILES string of the molecule is CC(C)Cn1ncnc1CNc1cccc(CCCCl)c1. The number of anilines is 1. The molecule has 1 heterocycles. The Kier molecular flexibility index (Phi) is 6.05. The van der Waals surface area contributed by atoms with Crippen molar-refractivity contribution in [2.75, 3.05) is 11.2 Å². The Hall–Kier alpha value is -1.55. The van der Waals surface area contributed by atoms with Crippen LogP contribution in [0.15, 0.2) is 30.6 Å². The summed E-state index contributed by atoms with van der Waals surface area (Å²) in [7, 11) is 0. The van der Waals surface area contributed by atoms with Crippen LogP contribution in [-0.2, 0) is 19.5 Å². The van der Waals surface area contributed by atoms with Crippen molar-refractivity contribution in [2.24, 2.45) is 5.92 Å². The van der Waals surface area contributed by atoms with E-state index in [0.29, 0.717) is 18.3 Å². The molecule has 0 unspecified atom stereocenters. The topological polar surface area (TPSA) is 42.7 Å². The van der Waals surface area contributed by atoms with Crippen molar-refractivity contribution in [2.45, 2.75) is 39.8 Å². The number of nitrogens with one attached hydrogen (secondary N) is 1. The fraction of sp³-hybridized carbons (Fsp3) is 0.500. The van der Waals surface area contributed by atoms with E-state index >= 15 is 0 Å². The molecule has 0 spiro atoms. The van der Waals surface area contributed by atoms with Gasteiger partial charge >= 0.3 is 0 Å². The van der Waals surface area contributed by atoms with Gasteiger partial charge in [0, 0.05) is 18.1 Å². The Bertz CT molecular complexity index is 551. The lowest BCUT2D eigenvalue weighted by molar-refractivity contribution is 0.468. The van der Waals surface area contributed by atoms with E-state index < -0.39 is 0 Å². The van der Waals surface area contributed by atoms with Crippen LogP contribution in [0, 0.1) is 5.92 Å². The quantitative estimate of drug-likeness (QED) is 0.756. The predicted molar refractivity (Wildman–Crippen MR) is 87.7 cm³/mol. The number of alkyl halides is 1. The molecule has 0 aliphatic heterocycles. The van der Waals surface area contributed by atoms with Crippen molar-refractivity contribution >= 4 is 17.3 Å². The first-order valence-corrected chi connectivity index (χ1v) is 7.98. The summed E-state index contributed by atoms with van der Waals surface area (Å²) in [5.41, 5.74) is 2.42. The Morgan fingerprint density at radius 3 is 2.95 bits per heavy atom. The van der Waals surface area contributed by atoms with Crippen LogP contribution in [0.1, 0.15) is 31.7 Å². The zero-order chi connectivity index (χ0) is 15.1. The van der Waals surface area contributed by atoms with Crippen molar-refractivity contribution < 1.29 is 0 Å². The maximum absolute atomic E-state index is 5.75.